The number of unbranched alkanes of at least 4 members (excludes halogenated alkanes) is 1. The summed E-state index contributed by atoms with van der Waals surface area (Å²) >= 11 is 0. The molecule has 0 aromatic rings. The van der Waals surface area contributed by atoms with Crippen LogP contribution in [-0.4, -0.2) is 31.2 Å². The average Bonchev–Trinajstić information content (AvgIpc) is 2.15. The highest BCUT2D eigenvalue weighted by atomic mass is 16.1. The lowest BCUT2D eigenvalue weighted by atomic mass is 10.1. The topological polar surface area (TPSA) is 120 Å². The second-order valence-electron chi connectivity index (χ2n) is 2.81. The highest BCUT2D eigenvalue weighted by Crippen LogP contribution is 2.02. The van der Waals surface area contributed by atoms with Crippen LogP contribution in [-0.2, 0) is 4.79 Å². The summed E-state index contributed by atoms with van der Waals surface area (Å²) in [4.78, 5) is 18.1. The van der Waals surface area contributed by atoms with E-state index < -0.39 is 6.04 Å². The molecule has 0 aliphatic rings. The van der Waals surface area contributed by atoms with Gasteiger partial charge in [-0.3, -0.25) is 4.99 Å². The van der Waals surface area contributed by atoms with Crippen LogP contribution in [0.25, 0.3) is 0 Å². The molecule has 0 rings (SSSR count). The lowest BCUT2D eigenvalue weighted by Gasteiger charge is -2.03. The maximum atomic E-state index is 10.5. The van der Waals surface area contributed by atoms with Crippen molar-refractivity contribution in [3.05, 3.63) is 0 Å². The fraction of sp³-hybridized carbons (Fsp3) is 0.625. The number of guanidine groups is 1. The first-order valence-corrected chi connectivity index (χ1v) is 4.44. The van der Waals surface area contributed by atoms with Gasteiger partial charge in [0.15, 0.2) is 5.96 Å². The molecule has 80 valence electrons. The Morgan fingerprint density at radius 3 is 2.57 bits per heavy atom. The van der Waals surface area contributed by atoms with E-state index in [-0.39, 0.29) is 5.96 Å². The molecule has 0 radical (unpaired) electrons. The van der Waals surface area contributed by atoms with Crippen LogP contribution in [0.15, 0.2) is 9.98 Å². The number of nitrogens with zero attached hydrogens (tertiary/aromatic N) is 2. The van der Waals surface area contributed by atoms with Gasteiger partial charge >= 0.3 is 0 Å². The zero-order valence-electron chi connectivity index (χ0n) is 8.10. The molecular formula is C8H17N5O. The third kappa shape index (κ3) is 7.08. The van der Waals surface area contributed by atoms with E-state index in [4.69, 9.17) is 17.2 Å². The van der Waals surface area contributed by atoms with Gasteiger partial charge in [0.05, 0.1) is 6.34 Å². The van der Waals surface area contributed by atoms with Crippen LogP contribution >= 0.6 is 0 Å². The molecule has 0 aliphatic carbocycles. The monoisotopic (exact) mass is 199 g/mol. The van der Waals surface area contributed by atoms with Crippen molar-refractivity contribution in [1.82, 2.24) is 0 Å². The van der Waals surface area contributed by atoms with Gasteiger partial charge in [0.1, 0.15) is 12.3 Å². The number of hydrogen-bond donors (Lipinski definition) is 3. The van der Waals surface area contributed by atoms with E-state index >= 15 is 0 Å². The van der Waals surface area contributed by atoms with Crippen molar-refractivity contribution in [2.75, 3.05) is 6.54 Å². The highest BCUT2D eigenvalue weighted by molar-refractivity contribution is 5.78. The molecule has 0 aromatic heterocycles. The van der Waals surface area contributed by atoms with Crippen LogP contribution in [0, 0.1) is 0 Å². The Bertz CT molecular complexity index is 210. The number of aldehydes is 1. The van der Waals surface area contributed by atoms with E-state index in [0.717, 1.165) is 19.1 Å². The summed E-state index contributed by atoms with van der Waals surface area (Å²) in [7, 11) is 0. The minimum atomic E-state index is -0.429. The van der Waals surface area contributed by atoms with Crippen LogP contribution in [0.3, 0.4) is 0 Å². The third-order valence-electron chi connectivity index (χ3n) is 1.61. The van der Waals surface area contributed by atoms with Crippen LogP contribution in [0.5, 0.6) is 0 Å². The molecular weight excluding hydrogens is 182 g/mol. The fourth-order valence-corrected chi connectivity index (χ4v) is 0.986. The summed E-state index contributed by atoms with van der Waals surface area (Å²) in [5.41, 5.74) is 15.4. The molecule has 6 N–H and O–H groups in total. The lowest BCUT2D eigenvalue weighted by Crippen LogP contribution is -2.26. The van der Waals surface area contributed by atoms with Crippen molar-refractivity contribution in [2.45, 2.75) is 25.3 Å². The van der Waals surface area contributed by atoms with Crippen LogP contribution in [0.2, 0.25) is 0 Å². The van der Waals surface area contributed by atoms with Crippen molar-refractivity contribution >= 4 is 18.6 Å². The van der Waals surface area contributed by atoms with Gasteiger partial charge in [0.2, 0.25) is 0 Å². The number of nitrogens with two attached hydrogens (primary N) is 3. The molecule has 6 nitrogen and oxygen atoms in total. The summed E-state index contributed by atoms with van der Waals surface area (Å²) < 4.78 is 0. The second kappa shape index (κ2) is 8.03. The van der Waals surface area contributed by atoms with Gasteiger partial charge in [-0.15, -0.1) is 0 Å². The minimum absolute atomic E-state index is 0.0536. The van der Waals surface area contributed by atoms with Crippen molar-refractivity contribution in [2.24, 2.45) is 27.2 Å². The van der Waals surface area contributed by atoms with Gasteiger partial charge in [0.25, 0.3) is 0 Å². The Morgan fingerprint density at radius 1 is 1.36 bits per heavy atom. The predicted molar refractivity (Wildman–Crippen MR) is 57.1 cm³/mol. The first-order valence-electron chi connectivity index (χ1n) is 4.44. The molecule has 0 heterocycles. The largest absolute Gasteiger partial charge is 0.390 e. The molecule has 1 atom stereocenters. The average molecular weight is 199 g/mol. The number of carbonyl (C=O) groups excluding carboxylic acids is 1. The molecule has 0 fully saturated rings. The van der Waals surface area contributed by atoms with E-state index in [0.29, 0.717) is 13.0 Å². The third-order valence-corrected chi connectivity index (χ3v) is 1.61. The molecule has 0 aromatic carbocycles. The first kappa shape index (κ1) is 12.4. The number of aliphatic imine (C=N–C) groups is 2. The van der Waals surface area contributed by atoms with E-state index in [2.05, 4.69) is 9.98 Å². The molecule has 6 heteroatoms. The predicted octanol–water partition coefficient (Wildman–Crippen LogP) is -1.02. The van der Waals surface area contributed by atoms with Crippen LogP contribution < -0.4 is 17.2 Å². The molecule has 0 bridgehead atoms. The van der Waals surface area contributed by atoms with Crippen molar-refractivity contribution in [1.29, 1.82) is 0 Å². The van der Waals surface area contributed by atoms with Crippen molar-refractivity contribution in [3.63, 3.8) is 0 Å². The Balaban J connectivity index is 3.63. The van der Waals surface area contributed by atoms with Crippen molar-refractivity contribution < 1.29 is 4.79 Å². The van der Waals surface area contributed by atoms with Crippen LogP contribution in [0.1, 0.15) is 19.3 Å². The maximum absolute atomic E-state index is 10.5. The summed E-state index contributed by atoms with van der Waals surface area (Å²) in [5, 5.41) is 0. The summed E-state index contributed by atoms with van der Waals surface area (Å²) in [6.07, 6.45) is 4.37. The normalized spacial score (nSPS) is 12.6. The number of hydrogen-bond acceptors (Lipinski definition) is 3. The summed E-state index contributed by atoms with van der Waals surface area (Å²) in [5.74, 6) is -0.0536. The summed E-state index contributed by atoms with van der Waals surface area (Å²) in [6.45, 7) is 0.671. The molecule has 0 saturated carbocycles. The lowest BCUT2D eigenvalue weighted by molar-refractivity contribution is -0.109. The zero-order valence-corrected chi connectivity index (χ0v) is 8.10. The van der Waals surface area contributed by atoms with E-state index in [1.165, 1.54) is 6.34 Å². The van der Waals surface area contributed by atoms with Gasteiger partial charge in [-0.05, 0) is 19.3 Å². The first-order chi connectivity index (χ1) is 6.70. The Morgan fingerprint density at radius 2 is 2.07 bits per heavy atom. The standard InChI is InChI=1S/C8H17N5O/c9-6-12-4-2-1-3-7(5-14)13-8(10)11/h5-7H,1-4H2,(H2,9,12)(H4,10,11,13). The Hall–Kier alpha value is -1.59. The molecule has 0 spiro atoms. The second-order valence-corrected chi connectivity index (χ2v) is 2.81. The Kier molecular flexibility index (Phi) is 7.12. The fourth-order valence-electron chi connectivity index (χ4n) is 0.986. The van der Waals surface area contributed by atoms with Gasteiger partial charge in [0, 0.05) is 6.54 Å². The van der Waals surface area contributed by atoms with Gasteiger partial charge in [-0.2, -0.15) is 0 Å². The van der Waals surface area contributed by atoms with Crippen molar-refractivity contribution in [3.8, 4) is 0 Å². The van der Waals surface area contributed by atoms with Crippen LogP contribution in [0.4, 0.5) is 0 Å². The molecule has 14 heavy (non-hydrogen) atoms. The molecule has 0 aliphatic heterocycles. The SMILES string of the molecule is NC=NCCCCC(C=O)N=C(N)N. The van der Waals surface area contributed by atoms with E-state index in [1.807, 2.05) is 0 Å². The quantitative estimate of drug-likeness (QED) is 0.210. The zero-order chi connectivity index (χ0) is 10.8. The van der Waals surface area contributed by atoms with E-state index in [1.54, 1.807) is 0 Å². The van der Waals surface area contributed by atoms with Gasteiger partial charge < -0.3 is 22.0 Å². The highest BCUT2D eigenvalue weighted by Gasteiger charge is 2.04. The molecule has 0 amide bonds. The molecule has 0 saturated heterocycles. The minimum Gasteiger partial charge on any atom is -0.390 e. The van der Waals surface area contributed by atoms with Gasteiger partial charge in [-0.25, -0.2) is 4.99 Å². The molecule has 1 unspecified atom stereocenters. The van der Waals surface area contributed by atoms with E-state index in [9.17, 15) is 4.79 Å². The number of rotatable bonds is 7. The maximum Gasteiger partial charge on any atom is 0.186 e. The Labute approximate surface area is 83.3 Å². The smallest absolute Gasteiger partial charge is 0.186 e. The van der Waals surface area contributed by atoms with Gasteiger partial charge in [-0.1, -0.05) is 0 Å². The summed E-state index contributed by atoms with van der Waals surface area (Å²) in [6, 6.07) is -0.429. The number of carbonyl (C=O) groups is 1.